The fraction of sp³-hybridized carbons (Fsp3) is 0.562. The highest BCUT2D eigenvalue weighted by atomic mass is 16.5. The molecule has 0 spiro atoms. The van der Waals surface area contributed by atoms with Crippen molar-refractivity contribution in [3.63, 3.8) is 0 Å². The first-order chi connectivity index (χ1) is 9.55. The van der Waals surface area contributed by atoms with Gasteiger partial charge in [-0.25, -0.2) is 4.99 Å². The molecule has 20 heavy (non-hydrogen) atoms. The van der Waals surface area contributed by atoms with Crippen LogP contribution < -0.4 is 15.4 Å². The first-order valence-electron chi connectivity index (χ1n) is 7.21. The number of aryl methyl sites for hydroxylation is 1. The van der Waals surface area contributed by atoms with Gasteiger partial charge in [0.1, 0.15) is 5.75 Å². The van der Waals surface area contributed by atoms with E-state index in [9.17, 15) is 0 Å². The van der Waals surface area contributed by atoms with E-state index in [1.54, 1.807) is 7.11 Å². The Morgan fingerprint density at radius 2 is 2.00 bits per heavy atom. The van der Waals surface area contributed by atoms with Crippen LogP contribution >= 0.6 is 0 Å². The molecule has 1 aromatic carbocycles. The molecule has 0 atom stereocenters. The molecular formula is C16H27N3O. The zero-order chi connectivity index (χ0) is 15.0. The van der Waals surface area contributed by atoms with E-state index < -0.39 is 0 Å². The van der Waals surface area contributed by atoms with Gasteiger partial charge >= 0.3 is 0 Å². The van der Waals surface area contributed by atoms with Crippen LogP contribution in [0.15, 0.2) is 23.2 Å². The number of hydrogen-bond donors (Lipinski definition) is 2. The lowest BCUT2D eigenvalue weighted by molar-refractivity contribution is 0.414. The summed E-state index contributed by atoms with van der Waals surface area (Å²) < 4.78 is 5.29. The molecule has 0 saturated carbocycles. The summed E-state index contributed by atoms with van der Waals surface area (Å²) in [6.45, 7) is 10.9. The summed E-state index contributed by atoms with van der Waals surface area (Å²) in [5.41, 5.74) is 2.35. The molecule has 0 amide bonds. The molecule has 4 nitrogen and oxygen atoms in total. The number of aliphatic imine (C=N–C) groups is 1. The molecule has 0 aliphatic rings. The number of methoxy groups -OCH3 is 1. The summed E-state index contributed by atoms with van der Waals surface area (Å²) in [5, 5.41) is 6.60. The maximum atomic E-state index is 5.29. The SMILES string of the molecule is CCNC(=NCc1cc(C)cc(OC)c1)NCC(C)C. The summed E-state index contributed by atoms with van der Waals surface area (Å²) in [4.78, 5) is 4.61. The first-order valence-corrected chi connectivity index (χ1v) is 7.21. The predicted molar refractivity (Wildman–Crippen MR) is 85.4 cm³/mol. The van der Waals surface area contributed by atoms with Crippen molar-refractivity contribution < 1.29 is 4.74 Å². The van der Waals surface area contributed by atoms with Crippen LogP contribution in [0.3, 0.4) is 0 Å². The third-order valence-corrected chi connectivity index (χ3v) is 2.79. The lowest BCUT2D eigenvalue weighted by Gasteiger charge is -2.13. The number of rotatable bonds is 6. The van der Waals surface area contributed by atoms with Gasteiger partial charge in [-0.2, -0.15) is 0 Å². The Morgan fingerprint density at radius 3 is 2.60 bits per heavy atom. The minimum Gasteiger partial charge on any atom is -0.497 e. The maximum Gasteiger partial charge on any atom is 0.191 e. The Kier molecular flexibility index (Phi) is 6.91. The zero-order valence-corrected chi connectivity index (χ0v) is 13.3. The van der Waals surface area contributed by atoms with Crippen LogP contribution in [-0.2, 0) is 6.54 Å². The molecule has 112 valence electrons. The standard InChI is InChI=1S/C16H27N3O/c1-6-17-16(18-10-12(2)3)19-11-14-7-13(4)8-15(9-14)20-5/h7-9,12H,6,10-11H2,1-5H3,(H2,17,18,19). The van der Waals surface area contributed by atoms with E-state index in [-0.39, 0.29) is 0 Å². The zero-order valence-electron chi connectivity index (χ0n) is 13.3. The Bertz CT molecular complexity index is 441. The number of benzene rings is 1. The van der Waals surface area contributed by atoms with E-state index in [2.05, 4.69) is 49.4 Å². The smallest absolute Gasteiger partial charge is 0.191 e. The number of ether oxygens (including phenoxy) is 1. The Labute approximate surface area is 122 Å². The van der Waals surface area contributed by atoms with Crippen molar-refractivity contribution in [2.24, 2.45) is 10.9 Å². The fourth-order valence-electron chi connectivity index (χ4n) is 1.85. The number of hydrogen-bond acceptors (Lipinski definition) is 2. The largest absolute Gasteiger partial charge is 0.497 e. The molecule has 0 radical (unpaired) electrons. The third-order valence-electron chi connectivity index (χ3n) is 2.79. The monoisotopic (exact) mass is 277 g/mol. The predicted octanol–water partition coefficient (Wildman–Crippen LogP) is 2.71. The minimum absolute atomic E-state index is 0.595. The average molecular weight is 277 g/mol. The lowest BCUT2D eigenvalue weighted by atomic mass is 10.1. The average Bonchev–Trinajstić information content (AvgIpc) is 2.41. The fourth-order valence-corrected chi connectivity index (χ4v) is 1.85. The summed E-state index contributed by atoms with van der Waals surface area (Å²) in [6, 6.07) is 6.19. The highest BCUT2D eigenvalue weighted by Crippen LogP contribution is 2.16. The van der Waals surface area contributed by atoms with Crippen molar-refractivity contribution in [3.8, 4) is 5.75 Å². The van der Waals surface area contributed by atoms with E-state index in [0.29, 0.717) is 12.5 Å². The van der Waals surface area contributed by atoms with E-state index in [1.807, 2.05) is 12.1 Å². The first kappa shape index (κ1) is 16.3. The van der Waals surface area contributed by atoms with Gasteiger partial charge in [-0.05, 0) is 43.0 Å². The molecule has 0 heterocycles. The van der Waals surface area contributed by atoms with Crippen molar-refractivity contribution in [2.75, 3.05) is 20.2 Å². The lowest BCUT2D eigenvalue weighted by Crippen LogP contribution is -2.39. The molecule has 1 aromatic rings. The maximum absolute atomic E-state index is 5.29. The van der Waals surface area contributed by atoms with Crippen LogP contribution in [0.4, 0.5) is 0 Å². The second-order valence-corrected chi connectivity index (χ2v) is 5.33. The van der Waals surface area contributed by atoms with Crippen LogP contribution in [0.5, 0.6) is 5.75 Å². The molecule has 0 fully saturated rings. The molecule has 1 rings (SSSR count). The van der Waals surface area contributed by atoms with Crippen LogP contribution in [0.25, 0.3) is 0 Å². The Hall–Kier alpha value is -1.71. The van der Waals surface area contributed by atoms with Crippen molar-refractivity contribution in [1.29, 1.82) is 0 Å². The molecule has 0 aliphatic carbocycles. The summed E-state index contributed by atoms with van der Waals surface area (Å²) in [5.74, 6) is 2.34. The van der Waals surface area contributed by atoms with Gasteiger partial charge in [-0.3, -0.25) is 0 Å². The highest BCUT2D eigenvalue weighted by Gasteiger charge is 2.01. The molecule has 0 saturated heterocycles. The summed E-state index contributed by atoms with van der Waals surface area (Å²) in [6.07, 6.45) is 0. The highest BCUT2D eigenvalue weighted by molar-refractivity contribution is 5.79. The quantitative estimate of drug-likeness (QED) is 0.621. The van der Waals surface area contributed by atoms with Crippen molar-refractivity contribution in [3.05, 3.63) is 29.3 Å². The van der Waals surface area contributed by atoms with Gasteiger partial charge in [-0.15, -0.1) is 0 Å². The molecule has 4 heteroatoms. The minimum atomic E-state index is 0.595. The van der Waals surface area contributed by atoms with Gasteiger partial charge in [0, 0.05) is 13.1 Å². The van der Waals surface area contributed by atoms with Gasteiger partial charge in [0.25, 0.3) is 0 Å². The van der Waals surface area contributed by atoms with Gasteiger partial charge in [-0.1, -0.05) is 19.9 Å². The second kappa shape index (κ2) is 8.46. The normalized spacial score (nSPS) is 11.6. The summed E-state index contributed by atoms with van der Waals surface area (Å²) in [7, 11) is 1.69. The van der Waals surface area contributed by atoms with Crippen LogP contribution in [-0.4, -0.2) is 26.2 Å². The van der Waals surface area contributed by atoms with Crippen molar-refractivity contribution >= 4 is 5.96 Å². The molecule has 0 bridgehead atoms. The third kappa shape index (κ3) is 5.95. The Balaban J connectivity index is 2.72. The van der Waals surface area contributed by atoms with Crippen LogP contribution in [0, 0.1) is 12.8 Å². The van der Waals surface area contributed by atoms with Crippen LogP contribution in [0.1, 0.15) is 31.9 Å². The summed E-state index contributed by atoms with van der Waals surface area (Å²) >= 11 is 0. The van der Waals surface area contributed by atoms with E-state index in [1.165, 1.54) is 5.56 Å². The number of nitrogens with zero attached hydrogens (tertiary/aromatic N) is 1. The van der Waals surface area contributed by atoms with Crippen molar-refractivity contribution in [1.82, 2.24) is 10.6 Å². The number of nitrogens with one attached hydrogen (secondary N) is 2. The van der Waals surface area contributed by atoms with Gasteiger partial charge in [0.05, 0.1) is 13.7 Å². The molecule has 0 unspecified atom stereocenters. The van der Waals surface area contributed by atoms with Gasteiger partial charge in [0.15, 0.2) is 5.96 Å². The van der Waals surface area contributed by atoms with E-state index in [0.717, 1.165) is 30.4 Å². The topological polar surface area (TPSA) is 45.7 Å². The van der Waals surface area contributed by atoms with E-state index in [4.69, 9.17) is 4.74 Å². The molecular weight excluding hydrogens is 250 g/mol. The van der Waals surface area contributed by atoms with Crippen LogP contribution in [0.2, 0.25) is 0 Å². The van der Waals surface area contributed by atoms with E-state index >= 15 is 0 Å². The number of guanidine groups is 1. The second-order valence-electron chi connectivity index (χ2n) is 5.33. The van der Waals surface area contributed by atoms with Gasteiger partial charge in [0.2, 0.25) is 0 Å². The van der Waals surface area contributed by atoms with Gasteiger partial charge < -0.3 is 15.4 Å². The molecule has 0 aromatic heterocycles. The molecule has 2 N–H and O–H groups in total. The Morgan fingerprint density at radius 1 is 1.25 bits per heavy atom. The molecule has 0 aliphatic heterocycles. The van der Waals surface area contributed by atoms with Crippen molar-refractivity contribution in [2.45, 2.75) is 34.2 Å².